The predicted octanol–water partition coefficient (Wildman–Crippen LogP) is 5.13. The Balaban J connectivity index is 2.40. The van der Waals surface area contributed by atoms with Crippen LogP contribution in [0.2, 0.25) is 10.0 Å². The van der Waals surface area contributed by atoms with Gasteiger partial charge in [-0.15, -0.1) is 0 Å². The zero-order valence-electron chi connectivity index (χ0n) is 9.58. The number of benzene rings is 2. The minimum atomic E-state index is 0.276. The molecule has 2 aromatic rings. The van der Waals surface area contributed by atoms with Crippen LogP contribution in [0, 0.1) is 0 Å². The molecule has 0 aliphatic carbocycles. The molecule has 6 heteroatoms. The molecular weight excluding hydrogens is 367 g/mol. The topological polar surface area (TPSA) is 38.0 Å². The van der Waals surface area contributed by atoms with E-state index in [0.717, 1.165) is 15.8 Å². The number of hydrogen-bond donors (Lipinski definition) is 2. The summed E-state index contributed by atoms with van der Waals surface area (Å²) in [6.45, 7) is 0. The van der Waals surface area contributed by atoms with E-state index in [1.807, 2.05) is 18.2 Å². The van der Waals surface area contributed by atoms with Crippen LogP contribution < -0.4 is 11.1 Å². The second kappa shape index (κ2) is 6.09. The lowest BCUT2D eigenvalue weighted by molar-refractivity contribution is 1.51. The zero-order valence-corrected chi connectivity index (χ0v) is 13.5. The van der Waals surface area contributed by atoms with Crippen LogP contribution in [0.25, 0.3) is 0 Å². The molecule has 0 bridgehead atoms. The molecule has 2 nitrogen and oxygen atoms in total. The predicted molar refractivity (Wildman–Crippen MR) is 89.8 cm³/mol. The Morgan fingerprint density at radius 1 is 1.11 bits per heavy atom. The standard InChI is InChI=1S/C13H9BrCl2N2S/c14-7-1-3-12(10(16)5-7)18-11-4-2-8(15)6-9(11)13(17)19/h1-6,18H,(H2,17,19). The first kappa shape index (κ1) is 14.6. The molecule has 0 amide bonds. The van der Waals surface area contributed by atoms with Gasteiger partial charge in [0.25, 0.3) is 0 Å². The molecule has 0 radical (unpaired) electrons. The second-order valence-electron chi connectivity index (χ2n) is 3.80. The van der Waals surface area contributed by atoms with Gasteiger partial charge >= 0.3 is 0 Å². The number of halogens is 3. The smallest absolute Gasteiger partial charge is 0.106 e. The highest BCUT2D eigenvalue weighted by molar-refractivity contribution is 9.10. The van der Waals surface area contributed by atoms with Crippen LogP contribution >= 0.6 is 51.3 Å². The van der Waals surface area contributed by atoms with Crippen molar-refractivity contribution in [3.8, 4) is 0 Å². The quantitative estimate of drug-likeness (QED) is 0.730. The van der Waals surface area contributed by atoms with Crippen molar-refractivity contribution in [3.05, 3.63) is 56.5 Å². The number of nitrogens with one attached hydrogen (secondary N) is 1. The van der Waals surface area contributed by atoms with Gasteiger partial charge in [-0.2, -0.15) is 0 Å². The monoisotopic (exact) mass is 374 g/mol. The van der Waals surface area contributed by atoms with Gasteiger partial charge in [0.1, 0.15) is 4.99 Å². The molecule has 0 spiro atoms. The van der Waals surface area contributed by atoms with Crippen molar-refractivity contribution in [2.45, 2.75) is 0 Å². The van der Waals surface area contributed by atoms with Gasteiger partial charge in [-0.3, -0.25) is 0 Å². The minimum absolute atomic E-state index is 0.276. The Hall–Kier alpha value is -0.810. The molecule has 2 aromatic carbocycles. The van der Waals surface area contributed by atoms with Gasteiger partial charge in [-0.05, 0) is 36.4 Å². The summed E-state index contributed by atoms with van der Waals surface area (Å²) in [7, 11) is 0. The highest BCUT2D eigenvalue weighted by Crippen LogP contribution is 2.30. The molecule has 0 heterocycles. The highest BCUT2D eigenvalue weighted by atomic mass is 79.9. The lowest BCUT2D eigenvalue weighted by atomic mass is 10.1. The van der Waals surface area contributed by atoms with E-state index in [1.165, 1.54) is 0 Å². The van der Waals surface area contributed by atoms with Gasteiger partial charge in [0.2, 0.25) is 0 Å². The van der Waals surface area contributed by atoms with Gasteiger partial charge in [-0.1, -0.05) is 51.3 Å². The number of rotatable bonds is 3. The van der Waals surface area contributed by atoms with Crippen LogP contribution in [0.15, 0.2) is 40.9 Å². The summed E-state index contributed by atoms with van der Waals surface area (Å²) < 4.78 is 0.911. The summed E-state index contributed by atoms with van der Waals surface area (Å²) >= 11 is 20.5. The fourth-order valence-corrected chi connectivity index (χ4v) is 2.63. The minimum Gasteiger partial charge on any atom is -0.389 e. The Morgan fingerprint density at radius 3 is 2.42 bits per heavy atom. The van der Waals surface area contributed by atoms with E-state index in [4.69, 9.17) is 41.2 Å². The molecule has 0 saturated heterocycles. The largest absolute Gasteiger partial charge is 0.389 e. The van der Waals surface area contributed by atoms with Crippen LogP contribution in [-0.2, 0) is 0 Å². The van der Waals surface area contributed by atoms with E-state index >= 15 is 0 Å². The van der Waals surface area contributed by atoms with Crippen LogP contribution in [0.5, 0.6) is 0 Å². The zero-order chi connectivity index (χ0) is 14.0. The summed E-state index contributed by atoms with van der Waals surface area (Å²) in [5.74, 6) is 0. The number of anilines is 2. The number of nitrogens with two attached hydrogens (primary N) is 1. The second-order valence-corrected chi connectivity index (χ2v) is 6.00. The normalized spacial score (nSPS) is 10.3. The molecule has 3 N–H and O–H groups in total. The maximum absolute atomic E-state index is 6.16. The van der Waals surface area contributed by atoms with Crippen LogP contribution in [-0.4, -0.2) is 4.99 Å². The van der Waals surface area contributed by atoms with E-state index in [1.54, 1.807) is 18.2 Å². The molecule has 0 atom stereocenters. The van der Waals surface area contributed by atoms with Crippen molar-refractivity contribution in [2.75, 3.05) is 5.32 Å². The first-order chi connectivity index (χ1) is 8.97. The van der Waals surface area contributed by atoms with Gasteiger partial charge < -0.3 is 11.1 Å². The Labute approximate surface area is 135 Å². The molecular formula is C13H9BrCl2N2S. The van der Waals surface area contributed by atoms with Crippen molar-refractivity contribution >= 4 is 67.7 Å². The molecule has 0 saturated carbocycles. The third-order valence-corrected chi connectivity index (χ3v) is 3.71. The summed E-state index contributed by atoms with van der Waals surface area (Å²) in [4.78, 5) is 0.276. The van der Waals surface area contributed by atoms with E-state index in [9.17, 15) is 0 Å². The Kier molecular flexibility index (Phi) is 4.68. The van der Waals surface area contributed by atoms with Crippen molar-refractivity contribution in [1.29, 1.82) is 0 Å². The maximum atomic E-state index is 6.16. The lowest BCUT2D eigenvalue weighted by Gasteiger charge is -2.13. The van der Waals surface area contributed by atoms with Crippen molar-refractivity contribution in [2.24, 2.45) is 5.73 Å². The average Bonchev–Trinajstić information content (AvgIpc) is 2.34. The van der Waals surface area contributed by atoms with Crippen LogP contribution in [0.1, 0.15) is 5.56 Å². The third-order valence-electron chi connectivity index (χ3n) is 2.45. The molecule has 0 aliphatic rings. The van der Waals surface area contributed by atoms with E-state index < -0.39 is 0 Å². The van der Waals surface area contributed by atoms with Gasteiger partial charge in [-0.25, -0.2) is 0 Å². The molecule has 19 heavy (non-hydrogen) atoms. The Morgan fingerprint density at radius 2 is 1.79 bits per heavy atom. The molecule has 0 fully saturated rings. The molecule has 98 valence electrons. The van der Waals surface area contributed by atoms with E-state index in [0.29, 0.717) is 15.6 Å². The van der Waals surface area contributed by atoms with Crippen molar-refractivity contribution < 1.29 is 0 Å². The number of thiocarbonyl (C=S) groups is 1. The van der Waals surface area contributed by atoms with Crippen molar-refractivity contribution in [1.82, 2.24) is 0 Å². The third kappa shape index (κ3) is 3.60. The van der Waals surface area contributed by atoms with Crippen molar-refractivity contribution in [3.63, 3.8) is 0 Å². The highest BCUT2D eigenvalue weighted by Gasteiger charge is 2.08. The molecule has 0 aromatic heterocycles. The fourth-order valence-electron chi connectivity index (χ4n) is 1.57. The van der Waals surface area contributed by atoms with Gasteiger partial charge in [0.05, 0.1) is 10.7 Å². The van der Waals surface area contributed by atoms with E-state index in [2.05, 4.69) is 21.2 Å². The SMILES string of the molecule is NC(=S)c1cc(Cl)ccc1Nc1ccc(Br)cc1Cl. The van der Waals surface area contributed by atoms with Crippen LogP contribution in [0.4, 0.5) is 11.4 Å². The van der Waals surface area contributed by atoms with Crippen LogP contribution in [0.3, 0.4) is 0 Å². The summed E-state index contributed by atoms with van der Waals surface area (Å²) in [5, 5.41) is 4.37. The maximum Gasteiger partial charge on any atom is 0.106 e. The summed E-state index contributed by atoms with van der Waals surface area (Å²) in [6.07, 6.45) is 0. The molecule has 0 unspecified atom stereocenters. The average molecular weight is 376 g/mol. The van der Waals surface area contributed by atoms with E-state index in [-0.39, 0.29) is 4.99 Å². The number of hydrogen-bond acceptors (Lipinski definition) is 2. The first-order valence-electron chi connectivity index (χ1n) is 5.29. The Bertz CT molecular complexity index is 647. The first-order valence-corrected chi connectivity index (χ1v) is 7.24. The summed E-state index contributed by atoms with van der Waals surface area (Å²) in [6, 6.07) is 10.9. The molecule has 0 aliphatic heterocycles. The summed E-state index contributed by atoms with van der Waals surface area (Å²) in [5.41, 5.74) is 7.91. The van der Waals surface area contributed by atoms with Gasteiger partial charge in [0.15, 0.2) is 0 Å². The fraction of sp³-hybridized carbons (Fsp3) is 0. The molecule has 2 rings (SSSR count). The van der Waals surface area contributed by atoms with Gasteiger partial charge in [0, 0.05) is 20.7 Å². The lowest BCUT2D eigenvalue weighted by Crippen LogP contribution is -2.12.